The standard InChI is InChI=1S/C59H37N3/c1-2-14-39(15-3-1)57-37-58(43-19-12-17-40(32-43)38-28-30-60-31-29-38)62-59(61-57)44-20-13-18-41(33-44)52-35-54-50-26-10-11-27-51(50)55(36-56(54)49-25-9-7-23-47(49)52)53-34-42-16-4-5-21-45(42)46-22-6-8-24-48(46)53/h1-37H. The molecule has 0 atom stereocenters. The number of fused-ring (bicyclic) bond motifs is 8. The largest absolute Gasteiger partial charge is 0.265 e. The van der Waals surface area contributed by atoms with Gasteiger partial charge in [-0.15, -0.1) is 0 Å². The average molecular weight is 788 g/mol. The fourth-order valence-corrected chi connectivity index (χ4v) is 9.40. The molecule has 2 aromatic heterocycles. The van der Waals surface area contributed by atoms with Gasteiger partial charge in [-0.3, -0.25) is 4.98 Å². The minimum atomic E-state index is 0.681. The summed E-state index contributed by atoms with van der Waals surface area (Å²) in [5.41, 5.74) is 11.8. The molecule has 0 radical (unpaired) electrons. The van der Waals surface area contributed by atoms with Gasteiger partial charge in [0.25, 0.3) is 0 Å². The first-order valence-corrected chi connectivity index (χ1v) is 21.1. The van der Waals surface area contributed by atoms with Gasteiger partial charge in [0.05, 0.1) is 11.4 Å². The number of hydrogen-bond donors (Lipinski definition) is 0. The van der Waals surface area contributed by atoms with Crippen molar-refractivity contribution in [2.75, 3.05) is 0 Å². The Morgan fingerprint density at radius 3 is 1.40 bits per heavy atom. The monoisotopic (exact) mass is 787 g/mol. The van der Waals surface area contributed by atoms with E-state index in [0.29, 0.717) is 5.82 Å². The van der Waals surface area contributed by atoms with E-state index in [1.807, 2.05) is 30.6 Å². The van der Waals surface area contributed by atoms with Crippen molar-refractivity contribution < 1.29 is 0 Å². The Morgan fingerprint density at radius 2 is 0.710 bits per heavy atom. The molecule has 62 heavy (non-hydrogen) atoms. The summed E-state index contributed by atoms with van der Waals surface area (Å²) in [6, 6.07) is 76.4. The van der Waals surface area contributed by atoms with Crippen molar-refractivity contribution in [3.8, 4) is 67.3 Å². The molecule has 0 bridgehead atoms. The predicted octanol–water partition coefficient (Wildman–Crippen LogP) is 15.6. The van der Waals surface area contributed by atoms with Gasteiger partial charge in [0, 0.05) is 29.1 Å². The molecule has 0 N–H and O–H groups in total. The minimum absolute atomic E-state index is 0.681. The van der Waals surface area contributed by atoms with Crippen molar-refractivity contribution >= 4 is 53.9 Å². The maximum Gasteiger partial charge on any atom is 0.160 e. The van der Waals surface area contributed by atoms with Gasteiger partial charge in [-0.05, 0) is 136 Å². The zero-order valence-electron chi connectivity index (χ0n) is 33.7. The van der Waals surface area contributed by atoms with Gasteiger partial charge in [-0.1, -0.05) is 164 Å². The number of benzene rings is 10. The Kier molecular flexibility index (Phi) is 8.50. The van der Waals surface area contributed by atoms with E-state index < -0.39 is 0 Å². The van der Waals surface area contributed by atoms with Crippen LogP contribution in [0.1, 0.15) is 0 Å². The second-order valence-corrected chi connectivity index (χ2v) is 16.0. The molecule has 288 valence electrons. The van der Waals surface area contributed by atoms with Gasteiger partial charge in [0.1, 0.15) is 0 Å². The van der Waals surface area contributed by atoms with Crippen LogP contribution in [0, 0.1) is 0 Å². The van der Waals surface area contributed by atoms with Crippen molar-refractivity contribution in [1.82, 2.24) is 15.0 Å². The summed E-state index contributed by atoms with van der Waals surface area (Å²) in [6.45, 7) is 0. The minimum Gasteiger partial charge on any atom is -0.265 e. The lowest BCUT2D eigenvalue weighted by Gasteiger charge is -2.18. The molecular weight excluding hydrogens is 751 g/mol. The van der Waals surface area contributed by atoms with Crippen LogP contribution in [0.15, 0.2) is 225 Å². The lowest BCUT2D eigenvalue weighted by atomic mass is 9.86. The van der Waals surface area contributed by atoms with Crippen LogP contribution in [-0.2, 0) is 0 Å². The summed E-state index contributed by atoms with van der Waals surface area (Å²) in [6.07, 6.45) is 3.66. The Hall–Kier alpha value is -8.27. The molecule has 0 amide bonds. The summed E-state index contributed by atoms with van der Waals surface area (Å²) in [7, 11) is 0. The second-order valence-electron chi connectivity index (χ2n) is 16.0. The molecule has 0 aliphatic rings. The number of hydrogen-bond acceptors (Lipinski definition) is 3. The zero-order valence-corrected chi connectivity index (χ0v) is 33.7. The molecule has 0 spiro atoms. The molecule has 0 fully saturated rings. The fourth-order valence-electron chi connectivity index (χ4n) is 9.40. The molecule has 10 aromatic carbocycles. The molecule has 12 rings (SSSR count). The van der Waals surface area contributed by atoms with Crippen molar-refractivity contribution in [2.45, 2.75) is 0 Å². The molecule has 0 saturated heterocycles. The van der Waals surface area contributed by atoms with E-state index in [1.165, 1.54) is 70.6 Å². The van der Waals surface area contributed by atoms with Gasteiger partial charge >= 0.3 is 0 Å². The van der Waals surface area contributed by atoms with E-state index in [9.17, 15) is 0 Å². The van der Waals surface area contributed by atoms with Gasteiger partial charge in [-0.2, -0.15) is 0 Å². The first-order chi connectivity index (χ1) is 30.7. The lowest BCUT2D eigenvalue weighted by molar-refractivity contribution is 1.18. The lowest BCUT2D eigenvalue weighted by Crippen LogP contribution is -1.96. The summed E-state index contributed by atoms with van der Waals surface area (Å²) in [5, 5.41) is 12.4. The molecule has 0 aliphatic heterocycles. The van der Waals surface area contributed by atoms with Crippen molar-refractivity contribution in [1.29, 1.82) is 0 Å². The number of pyridine rings is 1. The normalized spacial score (nSPS) is 11.5. The highest BCUT2D eigenvalue weighted by Crippen LogP contribution is 2.45. The third-order valence-corrected chi connectivity index (χ3v) is 12.3. The second kappa shape index (κ2) is 14.8. The highest BCUT2D eigenvalue weighted by molar-refractivity contribution is 6.26. The van der Waals surface area contributed by atoms with Crippen molar-refractivity contribution in [3.63, 3.8) is 0 Å². The smallest absolute Gasteiger partial charge is 0.160 e. The molecule has 12 aromatic rings. The van der Waals surface area contributed by atoms with Gasteiger partial charge in [-0.25, -0.2) is 9.97 Å². The number of aromatic nitrogens is 3. The van der Waals surface area contributed by atoms with E-state index in [-0.39, 0.29) is 0 Å². The van der Waals surface area contributed by atoms with E-state index in [2.05, 4.69) is 199 Å². The Morgan fingerprint density at radius 1 is 0.242 bits per heavy atom. The summed E-state index contributed by atoms with van der Waals surface area (Å²) >= 11 is 0. The third kappa shape index (κ3) is 6.10. The summed E-state index contributed by atoms with van der Waals surface area (Å²) in [5.74, 6) is 0.681. The van der Waals surface area contributed by atoms with Gasteiger partial charge in [0.2, 0.25) is 0 Å². The maximum absolute atomic E-state index is 5.28. The first kappa shape index (κ1) is 35.7. The first-order valence-electron chi connectivity index (χ1n) is 21.1. The molecule has 0 aliphatic carbocycles. The zero-order chi connectivity index (χ0) is 41.0. The van der Waals surface area contributed by atoms with Crippen LogP contribution in [-0.4, -0.2) is 15.0 Å². The quantitative estimate of drug-likeness (QED) is 0.158. The molecule has 3 heteroatoms. The van der Waals surface area contributed by atoms with E-state index in [1.54, 1.807) is 0 Å². The average Bonchev–Trinajstić information content (AvgIpc) is 3.36. The summed E-state index contributed by atoms with van der Waals surface area (Å²) < 4.78 is 0. The molecule has 2 heterocycles. The number of nitrogens with zero attached hydrogens (tertiary/aromatic N) is 3. The highest BCUT2D eigenvalue weighted by Gasteiger charge is 2.18. The fraction of sp³-hybridized carbons (Fsp3) is 0. The molecule has 0 unspecified atom stereocenters. The number of rotatable bonds is 6. The maximum atomic E-state index is 5.28. The van der Waals surface area contributed by atoms with E-state index in [4.69, 9.17) is 9.97 Å². The van der Waals surface area contributed by atoms with Crippen LogP contribution in [0.3, 0.4) is 0 Å². The van der Waals surface area contributed by atoms with Crippen LogP contribution in [0.25, 0.3) is 121 Å². The topological polar surface area (TPSA) is 38.7 Å². The Balaban J connectivity index is 1.05. The van der Waals surface area contributed by atoms with E-state index >= 15 is 0 Å². The summed E-state index contributed by atoms with van der Waals surface area (Å²) in [4.78, 5) is 14.7. The van der Waals surface area contributed by atoms with Gasteiger partial charge < -0.3 is 0 Å². The van der Waals surface area contributed by atoms with Crippen LogP contribution in [0.5, 0.6) is 0 Å². The molecule has 3 nitrogen and oxygen atoms in total. The van der Waals surface area contributed by atoms with Crippen LogP contribution in [0.4, 0.5) is 0 Å². The third-order valence-electron chi connectivity index (χ3n) is 12.3. The Bertz CT molecular complexity index is 3690. The Labute approximate surface area is 359 Å². The van der Waals surface area contributed by atoms with Crippen LogP contribution < -0.4 is 0 Å². The van der Waals surface area contributed by atoms with Crippen LogP contribution in [0.2, 0.25) is 0 Å². The molecular formula is C59H37N3. The SMILES string of the molecule is c1ccc(-c2cc(-c3cccc(-c4ccncc4)c3)nc(-c3cccc(-c4cc5c6ccccc6c(-c6cc7ccccc7c7ccccc67)cc5c5ccccc45)c3)n2)cc1. The van der Waals surface area contributed by atoms with Crippen molar-refractivity contribution in [3.05, 3.63) is 225 Å². The highest BCUT2D eigenvalue weighted by atomic mass is 14.9. The van der Waals surface area contributed by atoms with Crippen molar-refractivity contribution in [2.24, 2.45) is 0 Å². The van der Waals surface area contributed by atoms with E-state index in [0.717, 1.165) is 44.8 Å². The predicted molar refractivity (Wildman–Crippen MR) is 260 cm³/mol. The van der Waals surface area contributed by atoms with Crippen LogP contribution >= 0.6 is 0 Å². The van der Waals surface area contributed by atoms with Gasteiger partial charge in [0.15, 0.2) is 5.82 Å². The molecule has 0 saturated carbocycles.